The van der Waals surface area contributed by atoms with Crippen molar-refractivity contribution in [3.63, 3.8) is 0 Å². The van der Waals surface area contributed by atoms with E-state index in [-0.39, 0.29) is 11.6 Å². The third kappa shape index (κ3) is 2.91. The number of anilines is 1. The summed E-state index contributed by atoms with van der Waals surface area (Å²) in [6, 6.07) is 5.93. The Morgan fingerprint density at radius 2 is 1.95 bits per heavy atom. The average molecular weight is 299 g/mol. The number of rotatable bonds is 4. The van der Waals surface area contributed by atoms with Crippen LogP contribution in [0.4, 0.5) is 14.5 Å². The second-order valence-corrected chi connectivity index (χ2v) is 5.54. The zero-order chi connectivity index (χ0) is 14.8. The molecule has 3 N–H and O–H groups in total. The van der Waals surface area contributed by atoms with Crippen molar-refractivity contribution in [2.75, 3.05) is 4.72 Å². The van der Waals surface area contributed by atoms with Crippen LogP contribution in [0.5, 0.6) is 0 Å². The Morgan fingerprint density at radius 3 is 2.55 bits per heavy atom. The molecule has 1 heterocycles. The summed E-state index contributed by atoms with van der Waals surface area (Å²) in [5, 5.41) is -0.307. The van der Waals surface area contributed by atoms with Gasteiger partial charge in [-0.05, 0) is 23.8 Å². The topological polar surface area (TPSA) is 85.1 Å². The third-order valence-corrected chi connectivity index (χ3v) is 3.79. The fourth-order valence-electron chi connectivity index (χ4n) is 1.47. The molecule has 106 valence electrons. The van der Waals surface area contributed by atoms with Crippen LogP contribution in [-0.2, 0) is 16.6 Å². The number of halogens is 2. The quantitative estimate of drug-likeness (QED) is 0.898. The fourth-order valence-corrected chi connectivity index (χ4v) is 2.46. The van der Waals surface area contributed by atoms with Crippen molar-refractivity contribution in [3.05, 3.63) is 53.7 Å². The van der Waals surface area contributed by atoms with Crippen LogP contribution in [-0.4, -0.2) is 13.4 Å². The number of nitrogens with zero attached hydrogens (tertiary/aromatic N) is 1. The number of pyridine rings is 1. The van der Waals surface area contributed by atoms with E-state index in [1.807, 2.05) is 4.72 Å². The molecular formula is C12H11F2N3O2S. The van der Waals surface area contributed by atoms with Crippen molar-refractivity contribution in [2.24, 2.45) is 5.73 Å². The van der Waals surface area contributed by atoms with Gasteiger partial charge in [0.15, 0.2) is 16.7 Å². The molecule has 0 radical (unpaired) electrons. The zero-order valence-electron chi connectivity index (χ0n) is 10.2. The summed E-state index contributed by atoms with van der Waals surface area (Å²) in [6.45, 7) is 0.222. The lowest BCUT2D eigenvalue weighted by Crippen LogP contribution is -2.16. The van der Waals surface area contributed by atoms with E-state index >= 15 is 0 Å². The van der Waals surface area contributed by atoms with Crippen LogP contribution in [0.1, 0.15) is 5.56 Å². The molecule has 0 aliphatic carbocycles. The summed E-state index contributed by atoms with van der Waals surface area (Å²) in [4.78, 5) is 3.72. The molecule has 8 heteroatoms. The molecular weight excluding hydrogens is 288 g/mol. The SMILES string of the molecule is NCc1ccc(S(=O)(=O)Nc2cccc(F)c2F)nc1. The summed E-state index contributed by atoms with van der Waals surface area (Å²) in [7, 11) is -4.09. The highest BCUT2D eigenvalue weighted by atomic mass is 32.2. The fraction of sp³-hybridized carbons (Fsp3) is 0.0833. The highest BCUT2D eigenvalue weighted by Gasteiger charge is 2.18. The molecule has 1 aromatic heterocycles. The van der Waals surface area contributed by atoms with E-state index in [0.29, 0.717) is 5.56 Å². The monoisotopic (exact) mass is 299 g/mol. The molecule has 2 rings (SSSR count). The van der Waals surface area contributed by atoms with Crippen molar-refractivity contribution in [1.29, 1.82) is 0 Å². The molecule has 1 aromatic carbocycles. The number of sulfonamides is 1. The molecule has 0 aliphatic rings. The number of hydrogen-bond donors (Lipinski definition) is 2. The Kier molecular flexibility index (Phi) is 3.96. The van der Waals surface area contributed by atoms with Crippen LogP contribution in [0, 0.1) is 11.6 Å². The minimum atomic E-state index is -4.09. The first-order valence-corrected chi connectivity index (χ1v) is 7.04. The first-order valence-electron chi connectivity index (χ1n) is 5.56. The van der Waals surface area contributed by atoms with Crippen molar-refractivity contribution < 1.29 is 17.2 Å². The summed E-state index contributed by atoms with van der Waals surface area (Å²) in [6.07, 6.45) is 1.30. The van der Waals surface area contributed by atoms with Crippen LogP contribution in [0.15, 0.2) is 41.6 Å². The van der Waals surface area contributed by atoms with E-state index in [9.17, 15) is 17.2 Å². The third-order valence-electron chi connectivity index (χ3n) is 2.50. The van der Waals surface area contributed by atoms with Gasteiger partial charge in [0.1, 0.15) is 0 Å². The van der Waals surface area contributed by atoms with Crippen LogP contribution in [0.2, 0.25) is 0 Å². The molecule has 2 aromatic rings. The Labute approximate surface area is 114 Å². The van der Waals surface area contributed by atoms with E-state index in [1.165, 1.54) is 24.4 Å². The van der Waals surface area contributed by atoms with Gasteiger partial charge in [0.2, 0.25) is 0 Å². The Balaban J connectivity index is 2.33. The second kappa shape index (κ2) is 5.51. The highest BCUT2D eigenvalue weighted by Crippen LogP contribution is 2.20. The number of nitrogens with one attached hydrogen (secondary N) is 1. The molecule has 0 bridgehead atoms. The molecule has 0 unspecified atom stereocenters. The molecule has 0 amide bonds. The molecule has 0 spiro atoms. The first-order chi connectivity index (χ1) is 9.44. The maximum Gasteiger partial charge on any atom is 0.279 e. The van der Waals surface area contributed by atoms with Crippen molar-refractivity contribution in [2.45, 2.75) is 11.6 Å². The Morgan fingerprint density at radius 1 is 1.20 bits per heavy atom. The molecule has 0 atom stereocenters. The molecule has 5 nitrogen and oxygen atoms in total. The lowest BCUT2D eigenvalue weighted by molar-refractivity contribution is 0.511. The maximum atomic E-state index is 13.4. The summed E-state index contributed by atoms with van der Waals surface area (Å²) < 4.78 is 52.3. The standard InChI is InChI=1S/C12H11F2N3O2S/c13-9-2-1-3-10(12(9)14)17-20(18,19)11-5-4-8(6-15)7-16-11/h1-5,7,17H,6,15H2. The van der Waals surface area contributed by atoms with Gasteiger partial charge in [-0.1, -0.05) is 12.1 Å². The van der Waals surface area contributed by atoms with Gasteiger partial charge in [0.25, 0.3) is 10.0 Å². The van der Waals surface area contributed by atoms with Crippen LogP contribution < -0.4 is 10.5 Å². The van der Waals surface area contributed by atoms with E-state index in [0.717, 1.165) is 12.1 Å². The molecule has 0 fully saturated rings. The smallest absolute Gasteiger partial charge is 0.279 e. The number of benzene rings is 1. The van der Waals surface area contributed by atoms with Crippen LogP contribution in [0.3, 0.4) is 0 Å². The lowest BCUT2D eigenvalue weighted by atomic mass is 10.3. The Hall–Kier alpha value is -2.06. The molecule has 20 heavy (non-hydrogen) atoms. The maximum absolute atomic E-state index is 13.4. The van der Waals surface area contributed by atoms with E-state index in [1.54, 1.807) is 0 Å². The predicted molar refractivity (Wildman–Crippen MR) is 69.3 cm³/mol. The molecule has 0 saturated heterocycles. The summed E-state index contributed by atoms with van der Waals surface area (Å²) in [5.74, 6) is -2.41. The van der Waals surface area contributed by atoms with Crippen molar-refractivity contribution >= 4 is 15.7 Å². The van der Waals surface area contributed by atoms with Crippen LogP contribution in [0.25, 0.3) is 0 Å². The largest absolute Gasteiger partial charge is 0.326 e. The molecule has 0 aliphatic heterocycles. The number of hydrogen-bond acceptors (Lipinski definition) is 4. The van der Waals surface area contributed by atoms with Crippen LogP contribution >= 0.6 is 0 Å². The lowest BCUT2D eigenvalue weighted by Gasteiger charge is -2.08. The van der Waals surface area contributed by atoms with Gasteiger partial charge in [-0.3, -0.25) is 4.72 Å². The van der Waals surface area contributed by atoms with Gasteiger partial charge in [0.05, 0.1) is 5.69 Å². The number of nitrogens with two attached hydrogens (primary N) is 1. The van der Waals surface area contributed by atoms with Crippen molar-refractivity contribution in [1.82, 2.24) is 4.98 Å². The minimum Gasteiger partial charge on any atom is -0.326 e. The van der Waals surface area contributed by atoms with Gasteiger partial charge in [-0.25, -0.2) is 13.8 Å². The summed E-state index contributed by atoms with van der Waals surface area (Å²) in [5.41, 5.74) is 5.55. The van der Waals surface area contributed by atoms with E-state index in [2.05, 4.69) is 4.98 Å². The van der Waals surface area contributed by atoms with Gasteiger partial charge in [-0.15, -0.1) is 0 Å². The zero-order valence-corrected chi connectivity index (χ0v) is 11.0. The van der Waals surface area contributed by atoms with Gasteiger partial charge < -0.3 is 5.73 Å². The van der Waals surface area contributed by atoms with Crippen molar-refractivity contribution in [3.8, 4) is 0 Å². The first kappa shape index (κ1) is 14.4. The predicted octanol–water partition coefficient (Wildman–Crippen LogP) is 1.62. The highest BCUT2D eigenvalue weighted by molar-refractivity contribution is 7.92. The minimum absolute atomic E-state index is 0.222. The summed E-state index contributed by atoms with van der Waals surface area (Å²) >= 11 is 0. The Bertz CT molecular complexity index is 718. The second-order valence-electron chi connectivity index (χ2n) is 3.92. The van der Waals surface area contributed by atoms with Gasteiger partial charge >= 0.3 is 0 Å². The van der Waals surface area contributed by atoms with E-state index in [4.69, 9.17) is 5.73 Å². The average Bonchev–Trinajstić information content (AvgIpc) is 2.44. The normalized spacial score (nSPS) is 11.3. The van der Waals surface area contributed by atoms with E-state index < -0.39 is 27.3 Å². The van der Waals surface area contributed by atoms with Gasteiger partial charge in [-0.2, -0.15) is 8.42 Å². The number of aromatic nitrogens is 1. The van der Waals surface area contributed by atoms with Gasteiger partial charge in [0, 0.05) is 12.7 Å². The molecule has 0 saturated carbocycles.